The zero-order valence-electron chi connectivity index (χ0n) is 10.6. The number of aliphatic hydroxyl groups excluding tert-OH is 1. The van der Waals surface area contributed by atoms with Crippen LogP contribution in [0.3, 0.4) is 0 Å². The first-order valence-corrected chi connectivity index (χ1v) is 5.59. The SMILES string of the molecule is CCN(CC(=O)N(C)C)c1ccc(CO)cn1. The molecule has 94 valence electrons. The van der Waals surface area contributed by atoms with Crippen molar-refractivity contribution < 1.29 is 9.90 Å². The smallest absolute Gasteiger partial charge is 0.241 e. The van der Waals surface area contributed by atoms with Gasteiger partial charge in [0.2, 0.25) is 5.91 Å². The van der Waals surface area contributed by atoms with Gasteiger partial charge < -0.3 is 14.9 Å². The van der Waals surface area contributed by atoms with Crippen LogP contribution in [0.1, 0.15) is 12.5 Å². The fourth-order valence-electron chi connectivity index (χ4n) is 1.36. The summed E-state index contributed by atoms with van der Waals surface area (Å²) in [6, 6.07) is 3.63. The number of likely N-dealkylation sites (N-methyl/N-ethyl adjacent to an activating group) is 2. The van der Waals surface area contributed by atoms with Crippen LogP contribution < -0.4 is 4.90 Å². The van der Waals surface area contributed by atoms with E-state index < -0.39 is 0 Å². The van der Waals surface area contributed by atoms with Crippen LogP contribution in [-0.4, -0.2) is 48.1 Å². The average Bonchev–Trinajstić information content (AvgIpc) is 2.35. The molecule has 0 aliphatic carbocycles. The molecule has 1 amide bonds. The normalized spacial score (nSPS) is 10.1. The molecular formula is C12H19N3O2. The van der Waals surface area contributed by atoms with E-state index in [-0.39, 0.29) is 12.5 Å². The Morgan fingerprint density at radius 2 is 2.12 bits per heavy atom. The number of hydrogen-bond acceptors (Lipinski definition) is 4. The zero-order valence-corrected chi connectivity index (χ0v) is 10.6. The highest BCUT2D eigenvalue weighted by Crippen LogP contribution is 2.11. The number of amides is 1. The molecular weight excluding hydrogens is 218 g/mol. The molecule has 0 aliphatic rings. The third-order valence-electron chi connectivity index (χ3n) is 2.52. The summed E-state index contributed by atoms with van der Waals surface area (Å²) < 4.78 is 0. The van der Waals surface area contributed by atoms with E-state index in [1.54, 1.807) is 25.2 Å². The number of aliphatic hydroxyl groups is 1. The molecule has 0 saturated carbocycles. The van der Waals surface area contributed by atoms with Crippen LogP contribution in [0.2, 0.25) is 0 Å². The molecule has 17 heavy (non-hydrogen) atoms. The zero-order chi connectivity index (χ0) is 12.8. The van der Waals surface area contributed by atoms with Gasteiger partial charge in [-0.3, -0.25) is 4.79 Å². The minimum Gasteiger partial charge on any atom is -0.392 e. The lowest BCUT2D eigenvalue weighted by Crippen LogP contribution is -2.36. The van der Waals surface area contributed by atoms with Crippen LogP contribution in [0.4, 0.5) is 5.82 Å². The van der Waals surface area contributed by atoms with E-state index in [4.69, 9.17) is 5.11 Å². The molecule has 1 rings (SSSR count). The maximum atomic E-state index is 11.6. The minimum absolute atomic E-state index is 0.0178. The third-order valence-corrected chi connectivity index (χ3v) is 2.52. The predicted molar refractivity (Wildman–Crippen MR) is 66.7 cm³/mol. The molecule has 0 radical (unpaired) electrons. The second-order valence-electron chi connectivity index (χ2n) is 3.99. The van der Waals surface area contributed by atoms with E-state index >= 15 is 0 Å². The Hall–Kier alpha value is -1.62. The lowest BCUT2D eigenvalue weighted by atomic mass is 10.3. The van der Waals surface area contributed by atoms with Crippen molar-refractivity contribution in [3.05, 3.63) is 23.9 Å². The second-order valence-corrected chi connectivity index (χ2v) is 3.99. The Bertz CT molecular complexity index is 363. The number of hydrogen-bond donors (Lipinski definition) is 1. The predicted octanol–water partition coefficient (Wildman–Crippen LogP) is 0.488. The van der Waals surface area contributed by atoms with Gasteiger partial charge in [0.05, 0.1) is 13.2 Å². The van der Waals surface area contributed by atoms with E-state index in [9.17, 15) is 4.79 Å². The number of carbonyl (C=O) groups is 1. The number of aromatic nitrogens is 1. The molecule has 0 unspecified atom stereocenters. The van der Waals surface area contributed by atoms with Crippen molar-refractivity contribution in [3.8, 4) is 0 Å². The Kier molecular flexibility index (Phi) is 4.90. The summed E-state index contributed by atoms with van der Waals surface area (Å²) in [6.07, 6.45) is 1.62. The lowest BCUT2D eigenvalue weighted by molar-refractivity contribution is -0.127. The molecule has 5 nitrogen and oxygen atoms in total. The molecule has 0 bridgehead atoms. The summed E-state index contributed by atoms with van der Waals surface area (Å²) in [4.78, 5) is 19.3. The van der Waals surface area contributed by atoms with Crippen molar-refractivity contribution in [1.29, 1.82) is 0 Å². The Morgan fingerprint density at radius 1 is 1.41 bits per heavy atom. The van der Waals surface area contributed by atoms with Gasteiger partial charge in [-0.2, -0.15) is 0 Å². The van der Waals surface area contributed by atoms with Crippen molar-refractivity contribution in [2.75, 3.05) is 32.1 Å². The van der Waals surface area contributed by atoms with E-state index in [0.29, 0.717) is 13.1 Å². The molecule has 1 N–H and O–H groups in total. The molecule has 1 aromatic rings. The quantitative estimate of drug-likeness (QED) is 0.809. The maximum Gasteiger partial charge on any atom is 0.241 e. The van der Waals surface area contributed by atoms with E-state index in [1.807, 2.05) is 24.0 Å². The lowest BCUT2D eigenvalue weighted by Gasteiger charge is -2.23. The Balaban J connectivity index is 2.75. The first-order valence-electron chi connectivity index (χ1n) is 5.59. The van der Waals surface area contributed by atoms with Gasteiger partial charge >= 0.3 is 0 Å². The molecule has 5 heteroatoms. The number of rotatable bonds is 5. The van der Waals surface area contributed by atoms with Gasteiger partial charge in [-0.05, 0) is 18.6 Å². The van der Waals surface area contributed by atoms with Gasteiger partial charge in [0.25, 0.3) is 0 Å². The van der Waals surface area contributed by atoms with Crippen LogP contribution >= 0.6 is 0 Å². The van der Waals surface area contributed by atoms with Gasteiger partial charge in [0.15, 0.2) is 0 Å². The van der Waals surface area contributed by atoms with Crippen LogP contribution in [0.25, 0.3) is 0 Å². The summed E-state index contributed by atoms with van der Waals surface area (Å²) in [6.45, 7) is 2.99. The number of pyridine rings is 1. The largest absolute Gasteiger partial charge is 0.392 e. The van der Waals surface area contributed by atoms with Crippen molar-refractivity contribution in [2.24, 2.45) is 0 Å². The summed E-state index contributed by atoms with van der Waals surface area (Å²) in [5, 5.41) is 8.93. The van der Waals surface area contributed by atoms with Gasteiger partial charge in [0, 0.05) is 26.8 Å². The molecule has 1 heterocycles. The van der Waals surface area contributed by atoms with Crippen molar-refractivity contribution in [3.63, 3.8) is 0 Å². The van der Waals surface area contributed by atoms with Gasteiger partial charge in [-0.15, -0.1) is 0 Å². The molecule has 1 aromatic heterocycles. The summed E-state index contributed by atoms with van der Waals surface area (Å²) in [5.41, 5.74) is 0.767. The van der Waals surface area contributed by atoms with Crippen LogP contribution in [-0.2, 0) is 11.4 Å². The van der Waals surface area contributed by atoms with Crippen LogP contribution in [0, 0.1) is 0 Å². The summed E-state index contributed by atoms with van der Waals surface area (Å²) in [7, 11) is 3.47. The summed E-state index contributed by atoms with van der Waals surface area (Å²) in [5.74, 6) is 0.791. The third kappa shape index (κ3) is 3.71. The number of nitrogens with zero attached hydrogens (tertiary/aromatic N) is 3. The maximum absolute atomic E-state index is 11.6. The summed E-state index contributed by atoms with van der Waals surface area (Å²) >= 11 is 0. The molecule has 0 aliphatic heterocycles. The molecule has 0 fully saturated rings. The van der Waals surface area contributed by atoms with Crippen LogP contribution in [0.15, 0.2) is 18.3 Å². The first kappa shape index (κ1) is 13.4. The number of carbonyl (C=O) groups excluding carboxylic acids is 1. The number of anilines is 1. The van der Waals surface area contributed by atoms with Gasteiger partial charge in [-0.25, -0.2) is 4.98 Å². The fourth-order valence-corrected chi connectivity index (χ4v) is 1.36. The standard InChI is InChI=1S/C12H19N3O2/c1-4-15(8-12(17)14(2)3)11-6-5-10(9-16)7-13-11/h5-7,16H,4,8-9H2,1-3H3. The minimum atomic E-state index is -0.0178. The monoisotopic (exact) mass is 237 g/mol. The van der Waals surface area contributed by atoms with Crippen LogP contribution in [0.5, 0.6) is 0 Å². The molecule has 0 atom stereocenters. The van der Waals surface area contributed by atoms with Crippen molar-refractivity contribution in [2.45, 2.75) is 13.5 Å². The van der Waals surface area contributed by atoms with E-state index in [1.165, 1.54) is 0 Å². The molecule has 0 aromatic carbocycles. The van der Waals surface area contributed by atoms with E-state index in [2.05, 4.69) is 4.98 Å². The fraction of sp³-hybridized carbons (Fsp3) is 0.500. The van der Waals surface area contributed by atoms with Crippen molar-refractivity contribution >= 4 is 11.7 Å². The van der Waals surface area contributed by atoms with Gasteiger partial charge in [-0.1, -0.05) is 6.07 Å². The molecule has 0 saturated heterocycles. The Labute approximate surface area is 102 Å². The van der Waals surface area contributed by atoms with Gasteiger partial charge in [0.1, 0.15) is 5.82 Å². The highest BCUT2D eigenvalue weighted by atomic mass is 16.3. The highest BCUT2D eigenvalue weighted by Gasteiger charge is 2.12. The molecule has 0 spiro atoms. The Morgan fingerprint density at radius 3 is 2.53 bits per heavy atom. The van der Waals surface area contributed by atoms with Crippen molar-refractivity contribution in [1.82, 2.24) is 9.88 Å². The first-order chi connectivity index (χ1) is 8.08. The highest BCUT2D eigenvalue weighted by molar-refractivity contribution is 5.80. The van der Waals surface area contributed by atoms with E-state index in [0.717, 1.165) is 11.4 Å². The topological polar surface area (TPSA) is 56.7 Å². The average molecular weight is 237 g/mol. The second kappa shape index (κ2) is 6.20.